The third-order valence-corrected chi connectivity index (χ3v) is 4.79. The van der Waals surface area contributed by atoms with Crippen LogP contribution in [0.2, 0.25) is 0 Å². The molecule has 0 radical (unpaired) electrons. The van der Waals surface area contributed by atoms with Gasteiger partial charge in [0.25, 0.3) is 5.91 Å². The van der Waals surface area contributed by atoms with Crippen LogP contribution < -0.4 is 5.32 Å². The molecule has 1 aromatic carbocycles. The van der Waals surface area contributed by atoms with Crippen LogP contribution in [0, 0.1) is 25.2 Å². The number of aryl methyl sites for hydroxylation is 2. The first-order valence-electron chi connectivity index (χ1n) is 8.74. The van der Waals surface area contributed by atoms with E-state index in [1.165, 1.54) is 25.7 Å². The van der Waals surface area contributed by atoms with E-state index in [0.29, 0.717) is 6.04 Å². The van der Waals surface area contributed by atoms with Gasteiger partial charge in [0.2, 0.25) is 0 Å². The third-order valence-electron chi connectivity index (χ3n) is 4.79. The van der Waals surface area contributed by atoms with E-state index in [1.807, 2.05) is 56.6 Å². The van der Waals surface area contributed by atoms with Crippen molar-refractivity contribution in [2.45, 2.75) is 45.6 Å². The molecule has 1 heterocycles. The van der Waals surface area contributed by atoms with Crippen molar-refractivity contribution in [1.82, 2.24) is 4.57 Å². The highest BCUT2D eigenvalue weighted by Gasteiger charge is 2.16. The lowest BCUT2D eigenvalue weighted by atomic mass is 10.1. The Kier molecular flexibility index (Phi) is 5.04. The lowest BCUT2D eigenvalue weighted by Gasteiger charge is -2.10. The van der Waals surface area contributed by atoms with E-state index in [1.54, 1.807) is 6.08 Å². The van der Waals surface area contributed by atoms with Crippen molar-refractivity contribution in [3.63, 3.8) is 0 Å². The van der Waals surface area contributed by atoms with Gasteiger partial charge in [0, 0.05) is 24.1 Å². The molecule has 4 nitrogen and oxygen atoms in total. The second-order valence-corrected chi connectivity index (χ2v) is 6.77. The minimum absolute atomic E-state index is 0.115. The molecule has 0 aliphatic heterocycles. The lowest BCUT2D eigenvalue weighted by Crippen LogP contribution is -2.14. The maximum absolute atomic E-state index is 12.4. The molecule has 1 fully saturated rings. The first-order valence-corrected chi connectivity index (χ1v) is 8.74. The largest absolute Gasteiger partial charge is 0.351 e. The summed E-state index contributed by atoms with van der Waals surface area (Å²) in [7, 11) is 0. The summed E-state index contributed by atoms with van der Waals surface area (Å²) in [5.74, 6) is -0.372. The van der Waals surface area contributed by atoms with Crippen LogP contribution in [0.4, 0.5) is 5.69 Å². The number of carbonyl (C=O) groups excluding carboxylic acids is 1. The van der Waals surface area contributed by atoms with Crippen molar-refractivity contribution in [2.75, 3.05) is 5.32 Å². The Labute approximate surface area is 148 Å². The van der Waals surface area contributed by atoms with Gasteiger partial charge in [-0.25, -0.2) is 0 Å². The Bertz CT molecular complexity index is 848. The van der Waals surface area contributed by atoms with E-state index in [4.69, 9.17) is 0 Å². The molecule has 0 saturated heterocycles. The first-order chi connectivity index (χ1) is 12.1. The summed E-state index contributed by atoms with van der Waals surface area (Å²) in [6.45, 7) is 3.95. The molecule has 2 aromatic rings. The summed E-state index contributed by atoms with van der Waals surface area (Å²) in [6.07, 6.45) is 10.7. The van der Waals surface area contributed by atoms with Crippen LogP contribution in [0.3, 0.4) is 0 Å². The smallest absolute Gasteiger partial charge is 0.266 e. The van der Waals surface area contributed by atoms with Crippen molar-refractivity contribution >= 4 is 17.7 Å². The number of amides is 1. The van der Waals surface area contributed by atoms with E-state index < -0.39 is 0 Å². The number of carbonyl (C=O) groups is 1. The second-order valence-electron chi connectivity index (χ2n) is 6.77. The Morgan fingerprint density at radius 2 is 2.04 bits per heavy atom. The molecule has 0 atom stereocenters. The fourth-order valence-corrected chi connectivity index (χ4v) is 3.40. The van der Waals surface area contributed by atoms with Crippen molar-refractivity contribution < 1.29 is 4.79 Å². The van der Waals surface area contributed by atoms with Gasteiger partial charge in [-0.2, -0.15) is 5.26 Å². The van der Waals surface area contributed by atoms with E-state index in [9.17, 15) is 10.1 Å². The standard InChI is InChI=1S/C21H23N3O/c1-15-7-8-20(16(2)11-15)23-21(25)18(13-22)12-17-9-10-24(14-17)19-5-3-4-6-19/h7-12,14,19H,3-6H2,1-2H3,(H,23,25)/b18-12+. The van der Waals surface area contributed by atoms with E-state index >= 15 is 0 Å². The minimum Gasteiger partial charge on any atom is -0.351 e. The van der Waals surface area contributed by atoms with Crippen LogP contribution in [0.15, 0.2) is 42.2 Å². The van der Waals surface area contributed by atoms with Gasteiger partial charge in [0.1, 0.15) is 11.6 Å². The second kappa shape index (κ2) is 7.40. The summed E-state index contributed by atoms with van der Waals surface area (Å²) >= 11 is 0. The van der Waals surface area contributed by atoms with Gasteiger partial charge in [0.15, 0.2) is 0 Å². The van der Waals surface area contributed by atoms with Gasteiger partial charge < -0.3 is 9.88 Å². The fourth-order valence-electron chi connectivity index (χ4n) is 3.40. The molecular formula is C21H23N3O. The summed E-state index contributed by atoms with van der Waals surface area (Å²) in [4.78, 5) is 12.4. The molecule has 25 heavy (non-hydrogen) atoms. The first kappa shape index (κ1) is 17.0. The van der Waals surface area contributed by atoms with Crippen LogP contribution in [0.1, 0.15) is 48.4 Å². The Morgan fingerprint density at radius 3 is 2.72 bits per heavy atom. The van der Waals surface area contributed by atoms with Crippen molar-refractivity contribution in [3.8, 4) is 6.07 Å². The molecule has 1 N–H and O–H groups in total. The summed E-state index contributed by atoms with van der Waals surface area (Å²) in [5, 5.41) is 12.2. The van der Waals surface area contributed by atoms with E-state index in [-0.39, 0.29) is 11.5 Å². The quantitative estimate of drug-likeness (QED) is 0.647. The maximum Gasteiger partial charge on any atom is 0.266 e. The summed E-state index contributed by atoms with van der Waals surface area (Å²) in [5.41, 5.74) is 3.86. The van der Waals surface area contributed by atoms with E-state index in [0.717, 1.165) is 22.4 Å². The number of nitrogens with zero attached hydrogens (tertiary/aromatic N) is 2. The van der Waals surface area contributed by atoms with Gasteiger partial charge in [-0.15, -0.1) is 0 Å². The SMILES string of the molecule is Cc1ccc(NC(=O)/C(C#N)=C/c2ccn(C3CCCC3)c2)c(C)c1. The van der Waals surface area contributed by atoms with E-state index in [2.05, 4.69) is 9.88 Å². The minimum atomic E-state index is -0.372. The highest BCUT2D eigenvalue weighted by Crippen LogP contribution is 2.30. The molecule has 0 spiro atoms. The normalized spacial score (nSPS) is 15.2. The third kappa shape index (κ3) is 4.00. The number of nitriles is 1. The average molecular weight is 333 g/mol. The molecule has 3 rings (SSSR count). The monoisotopic (exact) mass is 333 g/mol. The van der Waals surface area contributed by atoms with Crippen LogP contribution >= 0.6 is 0 Å². The molecule has 1 aliphatic carbocycles. The molecule has 0 unspecified atom stereocenters. The Morgan fingerprint density at radius 1 is 1.28 bits per heavy atom. The predicted molar refractivity (Wildman–Crippen MR) is 100 cm³/mol. The molecule has 4 heteroatoms. The topological polar surface area (TPSA) is 57.8 Å². The Balaban J connectivity index is 1.75. The Hall–Kier alpha value is -2.80. The van der Waals surface area contributed by atoms with Crippen molar-refractivity contribution in [1.29, 1.82) is 5.26 Å². The zero-order valence-corrected chi connectivity index (χ0v) is 14.7. The van der Waals surface area contributed by atoms with Gasteiger partial charge in [-0.1, -0.05) is 30.5 Å². The zero-order chi connectivity index (χ0) is 17.8. The van der Waals surface area contributed by atoms with Crippen LogP contribution in [-0.4, -0.2) is 10.5 Å². The van der Waals surface area contributed by atoms with Gasteiger partial charge in [-0.3, -0.25) is 4.79 Å². The number of hydrogen-bond donors (Lipinski definition) is 1. The zero-order valence-electron chi connectivity index (χ0n) is 14.7. The molecule has 1 aliphatic rings. The number of aromatic nitrogens is 1. The van der Waals surface area contributed by atoms with Crippen molar-refractivity contribution in [2.24, 2.45) is 0 Å². The summed E-state index contributed by atoms with van der Waals surface area (Å²) < 4.78 is 2.20. The summed E-state index contributed by atoms with van der Waals surface area (Å²) in [6, 6.07) is 10.4. The molecule has 1 amide bonds. The highest BCUT2D eigenvalue weighted by atomic mass is 16.1. The number of nitrogens with one attached hydrogen (secondary N) is 1. The average Bonchev–Trinajstić information content (AvgIpc) is 3.26. The van der Waals surface area contributed by atoms with Gasteiger partial charge in [-0.05, 0) is 56.0 Å². The predicted octanol–water partition coefficient (Wildman–Crippen LogP) is 4.77. The highest BCUT2D eigenvalue weighted by molar-refractivity contribution is 6.09. The maximum atomic E-state index is 12.4. The molecule has 128 valence electrons. The van der Waals surface area contributed by atoms with Gasteiger partial charge >= 0.3 is 0 Å². The number of rotatable bonds is 4. The lowest BCUT2D eigenvalue weighted by molar-refractivity contribution is -0.112. The number of anilines is 1. The number of hydrogen-bond acceptors (Lipinski definition) is 2. The van der Waals surface area contributed by atoms with Crippen molar-refractivity contribution in [3.05, 3.63) is 58.9 Å². The number of benzene rings is 1. The molecular weight excluding hydrogens is 310 g/mol. The molecule has 1 aromatic heterocycles. The van der Waals surface area contributed by atoms with Crippen LogP contribution in [0.25, 0.3) is 6.08 Å². The molecule has 0 bridgehead atoms. The van der Waals surface area contributed by atoms with Crippen LogP contribution in [0.5, 0.6) is 0 Å². The molecule has 1 saturated carbocycles. The van der Waals surface area contributed by atoms with Crippen LogP contribution in [-0.2, 0) is 4.79 Å². The fraction of sp³-hybridized carbons (Fsp3) is 0.333. The van der Waals surface area contributed by atoms with Gasteiger partial charge in [0.05, 0.1) is 0 Å².